The van der Waals surface area contributed by atoms with E-state index in [0.29, 0.717) is 6.54 Å². The van der Waals surface area contributed by atoms with Gasteiger partial charge in [0.2, 0.25) is 6.29 Å². The summed E-state index contributed by atoms with van der Waals surface area (Å²) >= 11 is 0. The molecule has 1 heterocycles. The van der Waals surface area contributed by atoms with Crippen molar-refractivity contribution in [2.75, 3.05) is 13.2 Å². The lowest BCUT2D eigenvalue weighted by Gasteiger charge is -2.39. The first kappa shape index (κ1) is 19.1. The van der Waals surface area contributed by atoms with Gasteiger partial charge in [-0.2, -0.15) is 0 Å². The molecule has 0 spiro atoms. The summed E-state index contributed by atoms with van der Waals surface area (Å²) in [6.07, 6.45) is -2.66. The first-order chi connectivity index (χ1) is 10.5. The van der Waals surface area contributed by atoms with E-state index in [1.807, 2.05) is 0 Å². The Morgan fingerprint density at radius 1 is 1.09 bits per heavy atom. The number of ether oxygens (including phenoxy) is 2. The fourth-order valence-corrected chi connectivity index (χ4v) is 2.23. The van der Waals surface area contributed by atoms with Crippen molar-refractivity contribution >= 4 is 6.09 Å². The van der Waals surface area contributed by atoms with Gasteiger partial charge in [-0.25, -0.2) is 4.79 Å². The Hall–Kier alpha value is -0.930. The standard InChI is InChI=1S/C14H27NO7/c1-2-3-4-5-6-7-15-14(20)22-13-12(19)11(18)10(17)9(8-16)21-13/h9-13,16-19H,2-8H2,1H3,(H,15,20)/t9-,10-,11+,12-,13-/m1/s1. The summed E-state index contributed by atoms with van der Waals surface area (Å²) in [5.74, 6) is 0. The second-order valence-corrected chi connectivity index (χ2v) is 5.44. The summed E-state index contributed by atoms with van der Waals surface area (Å²) in [6, 6.07) is 0. The summed E-state index contributed by atoms with van der Waals surface area (Å²) < 4.78 is 9.95. The smallest absolute Gasteiger partial charge is 0.409 e. The van der Waals surface area contributed by atoms with E-state index in [-0.39, 0.29) is 0 Å². The number of carbonyl (C=O) groups is 1. The molecule has 8 nitrogen and oxygen atoms in total. The fraction of sp³-hybridized carbons (Fsp3) is 0.929. The topological polar surface area (TPSA) is 128 Å². The average Bonchev–Trinajstić information content (AvgIpc) is 2.51. The van der Waals surface area contributed by atoms with E-state index in [9.17, 15) is 20.1 Å². The van der Waals surface area contributed by atoms with Gasteiger partial charge in [-0.1, -0.05) is 32.6 Å². The quantitative estimate of drug-likeness (QED) is 0.381. The summed E-state index contributed by atoms with van der Waals surface area (Å²) in [7, 11) is 0. The summed E-state index contributed by atoms with van der Waals surface area (Å²) in [5, 5.41) is 40.4. The van der Waals surface area contributed by atoms with Crippen molar-refractivity contribution in [3.8, 4) is 0 Å². The SMILES string of the molecule is CCCCCCCNC(=O)O[C@H]1O[C@H](CO)[C@@H](O)[C@H](O)[C@H]1O. The molecule has 5 atom stereocenters. The largest absolute Gasteiger partial charge is 0.417 e. The molecule has 1 fully saturated rings. The third-order valence-electron chi connectivity index (χ3n) is 3.62. The summed E-state index contributed by atoms with van der Waals surface area (Å²) in [4.78, 5) is 11.6. The monoisotopic (exact) mass is 321 g/mol. The maximum atomic E-state index is 11.6. The number of aliphatic hydroxyl groups excluding tert-OH is 4. The second-order valence-electron chi connectivity index (χ2n) is 5.44. The molecule has 0 aromatic rings. The highest BCUT2D eigenvalue weighted by atomic mass is 16.7. The fourth-order valence-electron chi connectivity index (χ4n) is 2.23. The zero-order chi connectivity index (χ0) is 16.5. The van der Waals surface area contributed by atoms with Gasteiger partial charge in [0.15, 0.2) is 0 Å². The van der Waals surface area contributed by atoms with Gasteiger partial charge in [0, 0.05) is 6.54 Å². The van der Waals surface area contributed by atoms with E-state index in [4.69, 9.17) is 14.6 Å². The second kappa shape index (κ2) is 9.96. The Kier molecular flexibility index (Phi) is 8.66. The highest BCUT2D eigenvalue weighted by Crippen LogP contribution is 2.21. The zero-order valence-corrected chi connectivity index (χ0v) is 12.9. The molecule has 1 aliphatic heterocycles. The van der Waals surface area contributed by atoms with Crippen LogP contribution in [0.2, 0.25) is 0 Å². The third kappa shape index (κ3) is 5.69. The van der Waals surface area contributed by atoms with Crippen LogP contribution >= 0.6 is 0 Å². The number of amides is 1. The predicted molar refractivity (Wildman–Crippen MR) is 77.0 cm³/mol. The summed E-state index contributed by atoms with van der Waals surface area (Å²) in [6.45, 7) is 2.00. The van der Waals surface area contributed by atoms with Crippen LogP contribution in [0.5, 0.6) is 0 Å². The van der Waals surface area contributed by atoms with E-state index < -0.39 is 43.4 Å². The normalized spacial score (nSPS) is 31.8. The molecule has 0 radical (unpaired) electrons. The molecule has 1 rings (SSSR count). The van der Waals surface area contributed by atoms with Crippen LogP contribution in [-0.4, -0.2) is 70.4 Å². The van der Waals surface area contributed by atoms with Crippen LogP contribution in [-0.2, 0) is 9.47 Å². The first-order valence-corrected chi connectivity index (χ1v) is 7.76. The van der Waals surface area contributed by atoms with Gasteiger partial charge in [0.25, 0.3) is 0 Å². The predicted octanol–water partition coefficient (Wildman–Crippen LogP) is -0.517. The number of hydrogen-bond donors (Lipinski definition) is 5. The number of carbonyl (C=O) groups excluding carboxylic acids is 1. The molecule has 0 bridgehead atoms. The lowest BCUT2D eigenvalue weighted by Crippen LogP contribution is -2.59. The number of rotatable bonds is 8. The molecule has 0 saturated carbocycles. The van der Waals surface area contributed by atoms with Crippen molar-refractivity contribution in [2.45, 2.75) is 69.7 Å². The molecule has 0 aromatic carbocycles. The van der Waals surface area contributed by atoms with Crippen molar-refractivity contribution in [1.29, 1.82) is 0 Å². The number of hydrogen-bond acceptors (Lipinski definition) is 7. The molecule has 0 aliphatic carbocycles. The average molecular weight is 321 g/mol. The number of aliphatic hydroxyl groups is 4. The van der Waals surface area contributed by atoms with Gasteiger partial charge in [-0.15, -0.1) is 0 Å². The van der Waals surface area contributed by atoms with Crippen molar-refractivity contribution in [2.24, 2.45) is 0 Å². The Labute approximate surface area is 130 Å². The van der Waals surface area contributed by atoms with Crippen LogP contribution in [0.25, 0.3) is 0 Å². The van der Waals surface area contributed by atoms with Crippen LogP contribution in [0, 0.1) is 0 Å². The minimum Gasteiger partial charge on any atom is -0.417 e. The van der Waals surface area contributed by atoms with E-state index in [1.54, 1.807) is 0 Å². The molecule has 1 amide bonds. The molecule has 5 N–H and O–H groups in total. The van der Waals surface area contributed by atoms with Crippen LogP contribution in [0.4, 0.5) is 4.79 Å². The maximum absolute atomic E-state index is 11.6. The molecule has 22 heavy (non-hydrogen) atoms. The Morgan fingerprint density at radius 3 is 2.41 bits per heavy atom. The van der Waals surface area contributed by atoms with E-state index >= 15 is 0 Å². The molecule has 0 unspecified atom stereocenters. The van der Waals surface area contributed by atoms with Crippen molar-refractivity contribution in [3.63, 3.8) is 0 Å². The molecular weight excluding hydrogens is 294 g/mol. The van der Waals surface area contributed by atoms with E-state index in [2.05, 4.69) is 12.2 Å². The van der Waals surface area contributed by atoms with Gasteiger partial charge < -0.3 is 35.2 Å². The first-order valence-electron chi connectivity index (χ1n) is 7.76. The minimum atomic E-state index is -1.58. The van der Waals surface area contributed by atoms with Gasteiger partial charge in [0.05, 0.1) is 6.61 Å². The van der Waals surface area contributed by atoms with E-state index in [1.165, 1.54) is 0 Å². The van der Waals surface area contributed by atoms with Crippen LogP contribution < -0.4 is 5.32 Å². The Bertz CT molecular complexity index is 326. The molecule has 1 aliphatic rings. The van der Waals surface area contributed by atoms with Gasteiger partial charge in [-0.05, 0) is 6.42 Å². The van der Waals surface area contributed by atoms with Crippen LogP contribution in [0.15, 0.2) is 0 Å². The summed E-state index contributed by atoms with van der Waals surface area (Å²) in [5.41, 5.74) is 0. The zero-order valence-electron chi connectivity index (χ0n) is 12.9. The lowest BCUT2D eigenvalue weighted by molar-refractivity contribution is -0.284. The Balaban J connectivity index is 2.30. The van der Waals surface area contributed by atoms with Gasteiger partial charge in [-0.3, -0.25) is 0 Å². The molecule has 130 valence electrons. The number of unbranched alkanes of at least 4 members (excludes halogenated alkanes) is 4. The molecular formula is C14H27NO7. The third-order valence-corrected chi connectivity index (χ3v) is 3.62. The van der Waals surface area contributed by atoms with Gasteiger partial charge in [0.1, 0.15) is 24.4 Å². The van der Waals surface area contributed by atoms with Gasteiger partial charge >= 0.3 is 6.09 Å². The highest BCUT2D eigenvalue weighted by Gasteiger charge is 2.45. The molecule has 0 aromatic heterocycles. The number of nitrogens with one attached hydrogen (secondary N) is 1. The number of alkyl carbamates (subject to hydrolysis) is 1. The molecule has 8 heteroatoms. The highest BCUT2D eigenvalue weighted by molar-refractivity contribution is 5.67. The van der Waals surface area contributed by atoms with Crippen LogP contribution in [0.1, 0.15) is 39.0 Å². The maximum Gasteiger partial charge on any atom is 0.409 e. The van der Waals surface area contributed by atoms with Crippen molar-refractivity contribution in [3.05, 3.63) is 0 Å². The molecule has 1 saturated heterocycles. The minimum absolute atomic E-state index is 0.444. The van der Waals surface area contributed by atoms with Crippen molar-refractivity contribution in [1.82, 2.24) is 5.32 Å². The lowest BCUT2D eigenvalue weighted by atomic mass is 9.99. The Morgan fingerprint density at radius 2 is 1.77 bits per heavy atom. The van der Waals surface area contributed by atoms with Crippen LogP contribution in [0.3, 0.4) is 0 Å². The van der Waals surface area contributed by atoms with Crippen molar-refractivity contribution < 1.29 is 34.7 Å². The van der Waals surface area contributed by atoms with E-state index in [0.717, 1.165) is 32.1 Å².